The molecular formula is C41H47N5O5S. The number of para-hydroxylation sites is 1. The fourth-order valence-electron chi connectivity index (χ4n) is 7.69. The number of hydrogen-bond acceptors (Lipinski definition) is 7. The van der Waals surface area contributed by atoms with Crippen LogP contribution in [0.3, 0.4) is 0 Å². The number of phenolic OH excluding ortho intramolecular Hbond substituents is 1. The highest BCUT2D eigenvalue weighted by atomic mass is 32.1. The van der Waals surface area contributed by atoms with Crippen molar-refractivity contribution in [2.75, 3.05) is 11.9 Å². The van der Waals surface area contributed by atoms with E-state index in [1.54, 1.807) is 17.0 Å². The molecule has 2 fully saturated rings. The molecule has 4 atom stereocenters. The molecule has 272 valence electrons. The van der Waals surface area contributed by atoms with E-state index in [0.29, 0.717) is 43.4 Å². The van der Waals surface area contributed by atoms with Gasteiger partial charge in [-0.3, -0.25) is 19.2 Å². The van der Waals surface area contributed by atoms with Gasteiger partial charge in [0, 0.05) is 41.8 Å². The molecule has 0 radical (unpaired) electrons. The summed E-state index contributed by atoms with van der Waals surface area (Å²) in [5, 5.41) is 17.0. The number of fused-ring (bicyclic) bond motifs is 1. The largest absolute Gasteiger partial charge is 0.508 e. The van der Waals surface area contributed by atoms with E-state index in [2.05, 4.69) is 29.3 Å². The first-order valence-electron chi connectivity index (χ1n) is 18.2. The molecule has 52 heavy (non-hydrogen) atoms. The van der Waals surface area contributed by atoms with Crippen LogP contribution in [0.4, 0.5) is 5.69 Å². The van der Waals surface area contributed by atoms with Gasteiger partial charge in [0.05, 0.1) is 16.9 Å². The second-order valence-electron chi connectivity index (χ2n) is 14.3. The quantitative estimate of drug-likeness (QED) is 0.0707. The molecule has 1 saturated carbocycles. The molecule has 1 saturated heterocycles. The maximum absolute atomic E-state index is 13.8. The van der Waals surface area contributed by atoms with E-state index < -0.39 is 17.5 Å². The standard InChI is InChI=1S/C41H47N5O5S/c1-26(47)46-25-27(20-29-22-34(28-12-6-5-7-13-28)43-35-23-31(48)18-19-32(29)35)21-36(46)39(50)45-41(40(42)51)24-30(41)14-8-3-2-4-9-17-38(49)44-33-15-10-11-16-37(33)52/h5-7,10-13,15-16,18-19,22-23,27,30,36,48,52H,2-4,8-9,14,17,20-21,24-25H2,1H3,(H2,42,51)(H,44,49)(H,45,50). The van der Waals surface area contributed by atoms with E-state index in [1.165, 1.54) is 6.92 Å². The zero-order valence-corrected chi connectivity index (χ0v) is 30.4. The highest BCUT2D eigenvalue weighted by Gasteiger charge is 2.60. The summed E-state index contributed by atoms with van der Waals surface area (Å²) >= 11 is 4.37. The number of aromatic hydroxyl groups is 1. The number of aromatic nitrogens is 1. The van der Waals surface area contributed by atoms with Gasteiger partial charge in [-0.05, 0) is 79.8 Å². The molecular weight excluding hydrogens is 675 g/mol. The maximum Gasteiger partial charge on any atom is 0.243 e. The Balaban J connectivity index is 1.02. The lowest BCUT2D eigenvalue weighted by Crippen LogP contribution is -2.54. The van der Waals surface area contributed by atoms with E-state index >= 15 is 0 Å². The smallest absolute Gasteiger partial charge is 0.243 e. The summed E-state index contributed by atoms with van der Waals surface area (Å²) in [5.74, 6) is -1.01. The summed E-state index contributed by atoms with van der Waals surface area (Å²) < 4.78 is 0. The van der Waals surface area contributed by atoms with Crippen LogP contribution in [0, 0.1) is 11.8 Å². The Morgan fingerprint density at radius 3 is 2.44 bits per heavy atom. The molecule has 1 aliphatic heterocycles. The molecule has 4 amide bonds. The minimum absolute atomic E-state index is 0.00733. The van der Waals surface area contributed by atoms with Crippen molar-refractivity contribution < 1.29 is 24.3 Å². The summed E-state index contributed by atoms with van der Waals surface area (Å²) in [7, 11) is 0. The number of thiol groups is 1. The van der Waals surface area contributed by atoms with Crippen LogP contribution in [0.1, 0.15) is 70.3 Å². The number of likely N-dealkylation sites (tertiary alicyclic amines) is 1. The number of amides is 4. The molecule has 1 aromatic heterocycles. The van der Waals surface area contributed by atoms with Crippen molar-refractivity contribution in [3.8, 4) is 17.0 Å². The van der Waals surface area contributed by atoms with Gasteiger partial charge in [-0.2, -0.15) is 0 Å². The van der Waals surface area contributed by atoms with Crippen molar-refractivity contribution in [1.82, 2.24) is 15.2 Å². The van der Waals surface area contributed by atoms with E-state index in [-0.39, 0.29) is 35.3 Å². The second kappa shape index (κ2) is 16.2. The number of nitrogens with zero attached hydrogens (tertiary/aromatic N) is 2. The molecule has 5 N–H and O–H groups in total. The van der Waals surface area contributed by atoms with Gasteiger partial charge < -0.3 is 26.4 Å². The molecule has 2 heterocycles. The van der Waals surface area contributed by atoms with E-state index in [0.717, 1.165) is 65.6 Å². The van der Waals surface area contributed by atoms with Crippen LogP contribution in [0.25, 0.3) is 22.2 Å². The molecule has 6 rings (SSSR count). The topological polar surface area (TPSA) is 155 Å². The summed E-state index contributed by atoms with van der Waals surface area (Å²) in [6.45, 7) is 1.88. The zero-order chi connectivity index (χ0) is 36.8. The highest BCUT2D eigenvalue weighted by molar-refractivity contribution is 7.80. The number of phenols is 1. The van der Waals surface area contributed by atoms with Crippen LogP contribution < -0.4 is 16.4 Å². The van der Waals surface area contributed by atoms with Gasteiger partial charge in [0.25, 0.3) is 0 Å². The number of nitrogens with two attached hydrogens (primary N) is 1. The number of anilines is 1. The average Bonchev–Trinajstić information content (AvgIpc) is 3.65. The molecule has 0 spiro atoms. The van der Waals surface area contributed by atoms with Gasteiger partial charge in [0.15, 0.2) is 0 Å². The number of pyridine rings is 1. The Morgan fingerprint density at radius 2 is 1.69 bits per heavy atom. The van der Waals surface area contributed by atoms with Crippen LogP contribution in [0.5, 0.6) is 5.75 Å². The number of carbonyl (C=O) groups excluding carboxylic acids is 4. The number of unbranched alkanes of at least 4 members (excludes halogenated alkanes) is 4. The summed E-state index contributed by atoms with van der Waals surface area (Å²) in [4.78, 5) is 58.8. The van der Waals surface area contributed by atoms with E-state index in [4.69, 9.17) is 10.7 Å². The van der Waals surface area contributed by atoms with Crippen molar-refractivity contribution in [3.63, 3.8) is 0 Å². The van der Waals surface area contributed by atoms with Gasteiger partial charge in [0.2, 0.25) is 23.6 Å². The first kappa shape index (κ1) is 36.9. The first-order valence-corrected chi connectivity index (χ1v) is 18.6. The summed E-state index contributed by atoms with van der Waals surface area (Å²) in [6.07, 6.45) is 7.29. The first-order chi connectivity index (χ1) is 25.0. The number of primary amides is 1. The van der Waals surface area contributed by atoms with Gasteiger partial charge in [-0.1, -0.05) is 68.1 Å². The van der Waals surface area contributed by atoms with E-state index in [1.807, 2.05) is 60.7 Å². The zero-order valence-electron chi connectivity index (χ0n) is 29.5. The normalized spacial score (nSPS) is 20.8. The third-order valence-corrected chi connectivity index (χ3v) is 11.0. The minimum atomic E-state index is -1.09. The van der Waals surface area contributed by atoms with Crippen molar-refractivity contribution in [2.45, 2.75) is 87.6 Å². The van der Waals surface area contributed by atoms with Gasteiger partial charge in [-0.15, -0.1) is 12.6 Å². The predicted molar refractivity (Wildman–Crippen MR) is 205 cm³/mol. The third-order valence-electron chi connectivity index (χ3n) is 10.6. The van der Waals surface area contributed by atoms with Gasteiger partial charge in [-0.25, -0.2) is 4.98 Å². The van der Waals surface area contributed by atoms with Crippen molar-refractivity contribution in [1.29, 1.82) is 0 Å². The van der Waals surface area contributed by atoms with Gasteiger partial charge >= 0.3 is 0 Å². The Morgan fingerprint density at radius 1 is 0.962 bits per heavy atom. The number of rotatable bonds is 15. The molecule has 10 nitrogen and oxygen atoms in total. The monoisotopic (exact) mass is 721 g/mol. The van der Waals surface area contributed by atoms with Gasteiger partial charge in [0.1, 0.15) is 17.3 Å². The Labute approximate surface area is 310 Å². The molecule has 0 bridgehead atoms. The van der Waals surface area contributed by atoms with Crippen LogP contribution in [0.2, 0.25) is 0 Å². The SMILES string of the molecule is CC(=O)N1CC(Cc2cc(-c3ccccc3)nc3cc(O)ccc23)CC1C(=O)NC1(C(N)=O)CC1CCCCCCCC(=O)Nc1ccccc1S. The fourth-order valence-corrected chi connectivity index (χ4v) is 7.91. The number of hydrogen-bond donors (Lipinski definition) is 5. The Hall–Kier alpha value is -4.90. The van der Waals surface area contributed by atoms with Crippen LogP contribution in [-0.4, -0.2) is 56.7 Å². The average molecular weight is 722 g/mol. The van der Waals surface area contributed by atoms with Crippen molar-refractivity contribution in [2.24, 2.45) is 17.6 Å². The lowest BCUT2D eigenvalue weighted by atomic mass is 9.93. The van der Waals surface area contributed by atoms with Crippen molar-refractivity contribution >= 4 is 52.8 Å². The van der Waals surface area contributed by atoms with Crippen LogP contribution in [0.15, 0.2) is 83.8 Å². The number of benzene rings is 3. The Bertz CT molecular complexity index is 1950. The van der Waals surface area contributed by atoms with Crippen molar-refractivity contribution in [3.05, 3.63) is 84.4 Å². The molecule has 2 aliphatic rings. The molecule has 4 aromatic rings. The summed E-state index contributed by atoms with van der Waals surface area (Å²) in [5.41, 5.74) is 8.94. The lowest BCUT2D eigenvalue weighted by Gasteiger charge is -2.25. The minimum Gasteiger partial charge on any atom is -0.508 e. The molecule has 3 aromatic carbocycles. The maximum atomic E-state index is 13.8. The Kier molecular flexibility index (Phi) is 11.5. The predicted octanol–water partition coefficient (Wildman–Crippen LogP) is 6.41. The number of carbonyl (C=O) groups is 4. The molecule has 1 aliphatic carbocycles. The second-order valence-corrected chi connectivity index (χ2v) is 14.8. The summed E-state index contributed by atoms with van der Waals surface area (Å²) in [6, 6.07) is 23.7. The molecule has 4 unspecified atom stereocenters. The fraction of sp³-hybridized carbons (Fsp3) is 0.390. The number of nitrogens with one attached hydrogen (secondary N) is 2. The molecule has 11 heteroatoms. The third kappa shape index (κ3) is 8.58. The van der Waals surface area contributed by atoms with Crippen LogP contribution in [-0.2, 0) is 25.6 Å². The van der Waals surface area contributed by atoms with Crippen LogP contribution >= 0.6 is 12.6 Å². The lowest BCUT2D eigenvalue weighted by molar-refractivity contribution is -0.138. The van der Waals surface area contributed by atoms with E-state index in [9.17, 15) is 24.3 Å². The highest BCUT2D eigenvalue weighted by Crippen LogP contribution is 2.47.